The number of benzene rings is 2. The van der Waals surface area contributed by atoms with Crippen LogP contribution in [0.5, 0.6) is 0 Å². The van der Waals surface area contributed by atoms with E-state index in [4.69, 9.17) is 17.3 Å². The first-order valence-corrected chi connectivity index (χ1v) is 7.72. The molecule has 120 valence electrons. The molecule has 0 aliphatic rings. The van der Waals surface area contributed by atoms with E-state index in [2.05, 4.69) is 15.2 Å². The van der Waals surface area contributed by atoms with Crippen molar-refractivity contribution in [3.05, 3.63) is 82.0 Å². The van der Waals surface area contributed by atoms with Gasteiger partial charge in [0.25, 0.3) is 5.91 Å². The van der Waals surface area contributed by atoms with Crippen LogP contribution < -0.4 is 5.73 Å². The summed E-state index contributed by atoms with van der Waals surface area (Å²) < 4.78 is 0. The third-order valence-corrected chi connectivity index (χ3v) is 3.90. The van der Waals surface area contributed by atoms with Gasteiger partial charge < -0.3 is 5.73 Å². The second-order valence-electron chi connectivity index (χ2n) is 5.20. The molecule has 0 atom stereocenters. The van der Waals surface area contributed by atoms with E-state index < -0.39 is 5.91 Å². The lowest BCUT2D eigenvalue weighted by Crippen LogP contribution is -2.13. The largest absolute Gasteiger partial charge is 0.365 e. The third-order valence-electron chi connectivity index (χ3n) is 3.53. The molecule has 0 aliphatic heterocycles. The number of nitrogens with one attached hydrogen (secondary N) is 1. The number of halogens is 1. The van der Waals surface area contributed by atoms with Gasteiger partial charge in [0.2, 0.25) is 0 Å². The molecule has 0 aliphatic carbocycles. The monoisotopic (exact) mass is 338 g/mol. The number of carbonyl (C=O) groups is 1. The number of amides is 1. The Kier molecular flexibility index (Phi) is 4.72. The molecule has 3 N–H and O–H groups in total. The van der Waals surface area contributed by atoms with E-state index in [1.165, 1.54) is 0 Å². The fourth-order valence-corrected chi connectivity index (χ4v) is 2.56. The molecule has 3 rings (SSSR count). The zero-order valence-electron chi connectivity index (χ0n) is 12.7. The highest BCUT2D eigenvalue weighted by atomic mass is 35.5. The van der Waals surface area contributed by atoms with Crippen LogP contribution >= 0.6 is 11.6 Å². The number of primary amides is 1. The number of rotatable bonds is 5. The molecule has 0 saturated heterocycles. The van der Waals surface area contributed by atoms with Gasteiger partial charge in [0.1, 0.15) is 5.56 Å². The van der Waals surface area contributed by atoms with Crippen molar-refractivity contribution >= 4 is 29.5 Å². The van der Waals surface area contributed by atoms with Crippen LogP contribution in [0.1, 0.15) is 27.2 Å². The minimum absolute atomic E-state index is 0.272. The van der Waals surface area contributed by atoms with E-state index in [1.807, 2.05) is 48.5 Å². The second kappa shape index (κ2) is 7.10. The third kappa shape index (κ3) is 3.52. The van der Waals surface area contributed by atoms with Crippen molar-refractivity contribution in [1.29, 1.82) is 0 Å². The standard InChI is InChI=1S/C18H15ClN4O/c19-14-9-5-4-8-13(14)10-15-16(17(20)24)18(23-22-15)21-11-12-6-2-1-3-7-12/h1-9,11H,10H2,(H2,20,24)(H,22,23). The zero-order valence-corrected chi connectivity index (χ0v) is 13.5. The number of H-pyrrole nitrogens is 1. The normalized spacial score (nSPS) is 11.0. The predicted molar refractivity (Wildman–Crippen MR) is 95.1 cm³/mol. The van der Waals surface area contributed by atoms with Crippen molar-refractivity contribution in [2.24, 2.45) is 10.7 Å². The Morgan fingerprint density at radius 1 is 1.17 bits per heavy atom. The molecule has 5 nitrogen and oxygen atoms in total. The molecule has 6 heteroatoms. The fourth-order valence-electron chi connectivity index (χ4n) is 2.35. The number of hydrogen-bond donors (Lipinski definition) is 2. The summed E-state index contributed by atoms with van der Waals surface area (Å²) in [5.74, 6) is -0.306. The number of hydrogen-bond acceptors (Lipinski definition) is 3. The maximum Gasteiger partial charge on any atom is 0.254 e. The van der Waals surface area contributed by atoms with Crippen LogP contribution in [0.2, 0.25) is 5.02 Å². The Bertz CT molecular complexity index is 887. The summed E-state index contributed by atoms with van der Waals surface area (Å²) in [5, 5.41) is 7.58. The van der Waals surface area contributed by atoms with E-state index in [9.17, 15) is 4.79 Å². The molecule has 1 heterocycles. The topological polar surface area (TPSA) is 84.1 Å². The first-order chi connectivity index (χ1) is 11.6. The summed E-state index contributed by atoms with van der Waals surface area (Å²) >= 11 is 6.17. The summed E-state index contributed by atoms with van der Waals surface area (Å²) in [4.78, 5) is 16.1. The predicted octanol–water partition coefficient (Wildman–Crippen LogP) is 3.50. The maximum absolute atomic E-state index is 11.8. The lowest BCUT2D eigenvalue weighted by molar-refractivity contribution is 0.100. The summed E-state index contributed by atoms with van der Waals surface area (Å²) in [6, 6.07) is 17.0. The van der Waals surface area contributed by atoms with E-state index in [0.717, 1.165) is 11.1 Å². The Balaban J connectivity index is 1.92. The number of nitrogens with two attached hydrogens (primary N) is 1. The molecule has 0 unspecified atom stereocenters. The number of carbonyl (C=O) groups excluding carboxylic acids is 1. The quantitative estimate of drug-likeness (QED) is 0.698. The van der Waals surface area contributed by atoms with Gasteiger partial charge >= 0.3 is 0 Å². The molecule has 0 saturated carbocycles. The summed E-state index contributed by atoms with van der Waals surface area (Å²) in [6.45, 7) is 0. The molecule has 0 fully saturated rings. The van der Waals surface area contributed by atoms with Crippen LogP contribution in [-0.2, 0) is 6.42 Å². The van der Waals surface area contributed by atoms with Crippen molar-refractivity contribution in [3.63, 3.8) is 0 Å². The molecule has 0 spiro atoms. The highest BCUT2D eigenvalue weighted by molar-refractivity contribution is 6.31. The van der Waals surface area contributed by atoms with Crippen LogP contribution in [-0.4, -0.2) is 22.3 Å². The molecule has 2 aromatic carbocycles. The minimum atomic E-state index is -0.578. The van der Waals surface area contributed by atoms with Crippen molar-refractivity contribution in [2.75, 3.05) is 0 Å². The van der Waals surface area contributed by atoms with E-state index in [-0.39, 0.29) is 11.4 Å². The first-order valence-electron chi connectivity index (χ1n) is 7.34. The highest BCUT2D eigenvalue weighted by Crippen LogP contribution is 2.24. The van der Waals surface area contributed by atoms with Gasteiger partial charge in [0.05, 0.1) is 5.69 Å². The molecular weight excluding hydrogens is 324 g/mol. The molecule has 3 aromatic rings. The number of aromatic amines is 1. The Hall–Kier alpha value is -2.92. The molecular formula is C18H15ClN4O. The highest BCUT2D eigenvalue weighted by Gasteiger charge is 2.18. The van der Waals surface area contributed by atoms with Crippen LogP contribution in [0.15, 0.2) is 59.6 Å². The van der Waals surface area contributed by atoms with Crippen molar-refractivity contribution in [1.82, 2.24) is 10.2 Å². The van der Waals surface area contributed by atoms with Gasteiger partial charge in [0.15, 0.2) is 5.82 Å². The summed E-state index contributed by atoms with van der Waals surface area (Å²) in [6.07, 6.45) is 2.06. The van der Waals surface area contributed by atoms with Crippen LogP contribution in [0.4, 0.5) is 5.82 Å². The zero-order chi connectivity index (χ0) is 16.9. The number of nitrogens with zero attached hydrogens (tertiary/aromatic N) is 2. The number of aliphatic imine (C=N–C) groups is 1. The fraction of sp³-hybridized carbons (Fsp3) is 0.0556. The smallest absolute Gasteiger partial charge is 0.254 e. The Labute approximate surface area is 144 Å². The molecule has 1 aromatic heterocycles. The van der Waals surface area contributed by atoms with Gasteiger partial charge in [-0.1, -0.05) is 60.1 Å². The van der Waals surface area contributed by atoms with Crippen molar-refractivity contribution in [3.8, 4) is 0 Å². The lowest BCUT2D eigenvalue weighted by atomic mass is 10.1. The van der Waals surface area contributed by atoms with Crippen molar-refractivity contribution in [2.45, 2.75) is 6.42 Å². The van der Waals surface area contributed by atoms with Gasteiger partial charge in [-0.25, -0.2) is 4.99 Å². The van der Waals surface area contributed by atoms with Gasteiger partial charge in [0, 0.05) is 17.7 Å². The average Bonchev–Trinajstić information content (AvgIpc) is 2.99. The SMILES string of the molecule is NC(=O)c1c(N=Cc2ccccc2)n[nH]c1Cc1ccccc1Cl. The van der Waals surface area contributed by atoms with Gasteiger partial charge in [-0.2, -0.15) is 5.10 Å². The summed E-state index contributed by atoms with van der Waals surface area (Å²) in [7, 11) is 0. The van der Waals surface area contributed by atoms with Gasteiger partial charge in [-0.15, -0.1) is 0 Å². The first kappa shape index (κ1) is 16.0. The van der Waals surface area contributed by atoms with Gasteiger partial charge in [-0.3, -0.25) is 9.89 Å². The van der Waals surface area contributed by atoms with Gasteiger partial charge in [-0.05, 0) is 17.2 Å². The average molecular weight is 339 g/mol. The molecule has 24 heavy (non-hydrogen) atoms. The molecule has 0 radical (unpaired) electrons. The Morgan fingerprint density at radius 3 is 2.58 bits per heavy atom. The number of aromatic nitrogens is 2. The van der Waals surface area contributed by atoms with Crippen molar-refractivity contribution < 1.29 is 4.79 Å². The van der Waals surface area contributed by atoms with E-state index in [1.54, 1.807) is 12.3 Å². The van der Waals surface area contributed by atoms with Crippen LogP contribution in [0.25, 0.3) is 0 Å². The van der Waals surface area contributed by atoms with Crippen LogP contribution in [0, 0.1) is 0 Å². The lowest BCUT2D eigenvalue weighted by Gasteiger charge is -2.03. The summed E-state index contributed by atoms with van der Waals surface area (Å²) in [5.41, 5.74) is 8.17. The van der Waals surface area contributed by atoms with E-state index >= 15 is 0 Å². The Morgan fingerprint density at radius 2 is 1.88 bits per heavy atom. The van der Waals surface area contributed by atoms with E-state index in [0.29, 0.717) is 17.1 Å². The minimum Gasteiger partial charge on any atom is -0.365 e. The molecule has 0 bridgehead atoms. The molecule has 1 amide bonds. The second-order valence-corrected chi connectivity index (χ2v) is 5.61. The maximum atomic E-state index is 11.8. The van der Waals surface area contributed by atoms with Crippen LogP contribution in [0.3, 0.4) is 0 Å².